The number of carbonyl (C=O) groups excluding carboxylic acids is 1. The lowest BCUT2D eigenvalue weighted by Crippen LogP contribution is -2.42. The average Bonchev–Trinajstić information content (AvgIpc) is 3.45. The van der Waals surface area contributed by atoms with Crippen LogP contribution < -0.4 is 4.74 Å². The van der Waals surface area contributed by atoms with Crippen molar-refractivity contribution in [1.82, 2.24) is 24.9 Å². The maximum absolute atomic E-state index is 13.5. The second kappa shape index (κ2) is 9.23. The number of para-hydroxylation sites is 1. The Hall–Kier alpha value is -3.57. The van der Waals surface area contributed by atoms with Crippen LogP contribution in [0.4, 0.5) is 18.0 Å². The van der Waals surface area contributed by atoms with Crippen molar-refractivity contribution >= 4 is 6.09 Å². The van der Waals surface area contributed by atoms with Crippen LogP contribution in [0.5, 0.6) is 5.75 Å². The van der Waals surface area contributed by atoms with Crippen molar-refractivity contribution in [3.8, 4) is 28.8 Å². The number of carbonyl (C=O) groups is 1. The van der Waals surface area contributed by atoms with E-state index < -0.39 is 29.6 Å². The molecule has 3 heterocycles. The third kappa shape index (κ3) is 5.41. The van der Waals surface area contributed by atoms with Gasteiger partial charge in [-0.3, -0.25) is 4.68 Å². The smallest absolute Gasteiger partial charge is 0.435 e. The van der Waals surface area contributed by atoms with E-state index in [1.54, 1.807) is 49.9 Å². The number of benzene rings is 1. The summed E-state index contributed by atoms with van der Waals surface area (Å²) in [5.41, 5.74) is -1.12. The Morgan fingerprint density at radius 3 is 2.37 bits per heavy atom. The van der Waals surface area contributed by atoms with Crippen molar-refractivity contribution in [1.29, 1.82) is 0 Å². The number of ether oxygens (including phenoxy) is 2. The van der Waals surface area contributed by atoms with Gasteiger partial charge in [-0.15, -0.1) is 10.2 Å². The summed E-state index contributed by atoms with van der Waals surface area (Å²) in [6, 6.07) is 7.45. The number of amides is 1. The van der Waals surface area contributed by atoms with Gasteiger partial charge in [0, 0.05) is 19.2 Å². The molecule has 35 heavy (non-hydrogen) atoms. The average molecular weight is 493 g/mol. The van der Waals surface area contributed by atoms with Gasteiger partial charge in [-0.1, -0.05) is 12.1 Å². The minimum atomic E-state index is -4.65. The van der Waals surface area contributed by atoms with Gasteiger partial charge in [0.1, 0.15) is 17.0 Å². The Labute approximate surface area is 199 Å². The molecule has 12 heteroatoms. The van der Waals surface area contributed by atoms with E-state index in [4.69, 9.17) is 13.9 Å². The molecule has 0 atom stereocenters. The molecule has 2 aromatic heterocycles. The van der Waals surface area contributed by atoms with Gasteiger partial charge in [0.25, 0.3) is 11.8 Å². The Bertz CT molecular complexity index is 1190. The minimum absolute atomic E-state index is 0.0571. The van der Waals surface area contributed by atoms with Gasteiger partial charge in [-0.2, -0.15) is 18.3 Å². The van der Waals surface area contributed by atoms with E-state index in [0.717, 1.165) is 6.07 Å². The number of rotatable bonds is 4. The first-order chi connectivity index (χ1) is 16.5. The predicted octanol–water partition coefficient (Wildman–Crippen LogP) is 5.20. The summed E-state index contributed by atoms with van der Waals surface area (Å²) in [6.07, 6.45) is -4.33. The number of halogens is 3. The summed E-state index contributed by atoms with van der Waals surface area (Å²) >= 11 is 0. The molecule has 1 fully saturated rings. The van der Waals surface area contributed by atoms with Crippen molar-refractivity contribution in [2.24, 2.45) is 0 Å². The van der Waals surface area contributed by atoms with Gasteiger partial charge in [-0.25, -0.2) is 4.79 Å². The first kappa shape index (κ1) is 24.6. The van der Waals surface area contributed by atoms with Crippen molar-refractivity contribution in [3.05, 3.63) is 36.0 Å². The van der Waals surface area contributed by atoms with Crippen LogP contribution in [0.3, 0.4) is 0 Å². The predicted molar refractivity (Wildman–Crippen MR) is 119 cm³/mol. The van der Waals surface area contributed by atoms with Crippen molar-refractivity contribution in [2.75, 3.05) is 20.2 Å². The molecule has 4 rings (SSSR count). The van der Waals surface area contributed by atoms with Crippen LogP contribution in [0.25, 0.3) is 23.0 Å². The summed E-state index contributed by atoms with van der Waals surface area (Å²) in [7, 11) is 1.49. The molecule has 0 bridgehead atoms. The topological polar surface area (TPSA) is 95.5 Å². The number of methoxy groups -OCH3 is 1. The number of alkyl halides is 3. The largest absolute Gasteiger partial charge is 0.496 e. The fraction of sp³-hybridized carbons (Fsp3) is 0.478. The van der Waals surface area contributed by atoms with Gasteiger partial charge in [0.2, 0.25) is 0 Å². The minimum Gasteiger partial charge on any atom is -0.496 e. The highest BCUT2D eigenvalue weighted by Crippen LogP contribution is 2.37. The molecular weight excluding hydrogens is 467 g/mol. The first-order valence-corrected chi connectivity index (χ1v) is 11.1. The van der Waals surface area contributed by atoms with Gasteiger partial charge >= 0.3 is 12.3 Å². The van der Waals surface area contributed by atoms with Crippen LogP contribution >= 0.6 is 0 Å². The van der Waals surface area contributed by atoms with E-state index in [2.05, 4.69) is 15.3 Å². The number of nitrogens with zero attached hydrogens (tertiary/aromatic N) is 5. The van der Waals surface area contributed by atoms with Crippen LogP contribution in [0.1, 0.15) is 45.3 Å². The highest BCUT2D eigenvalue weighted by atomic mass is 19.4. The molecule has 0 spiro atoms. The Kier molecular flexibility index (Phi) is 6.48. The number of hydrogen-bond donors (Lipinski definition) is 0. The zero-order chi connectivity index (χ0) is 25.4. The summed E-state index contributed by atoms with van der Waals surface area (Å²) in [5.74, 6) is 0.503. The van der Waals surface area contributed by atoms with Crippen molar-refractivity contribution in [2.45, 2.75) is 51.4 Å². The SMILES string of the molecule is COc1ccccc1-c1nnc(-c2cc(C(F)(F)F)nn2C2CCN(C(=O)OC(C)(C)C)CC2)o1. The zero-order valence-electron chi connectivity index (χ0n) is 19.8. The van der Waals surface area contributed by atoms with Gasteiger partial charge in [0.05, 0.1) is 18.7 Å². The van der Waals surface area contributed by atoms with Crippen LogP contribution in [0, 0.1) is 0 Å². The van der Waals surface area contributed by atoms with Crippen molar-refractivity contribution in [3.63, 3.8) is 0 Å². The van der Waals surface area contributed by atoms with Crippen LogP contribution in [-0.4, -0.2) is 56.8 Å². The highest BCUT2D eigenvalue weighted by molar-refractivity contribution is 5.68. The number of piperidine rings is 1. The molecule has 0 unspecified atom stereocenters. The zero-order valence-corrected chi connectivity index (χ0v) is 19.8. The fourth-order valence-electron chi connectivity index (χ4n) is 3.85. The highest BCUT2D eigenvalue weighted by Gasteiger charge is 2.38. The van der Waals surface area contributed by atoms with E-state index in [0.29, 0.717) is 37.2 Å². The third-order valence-corrected chi connectivity index (χ3v) is 5.47. The molecule has 1 aromatic carbocycles. The summed E-state index contributed by atoms with van der Waals surface area (Å²) < 4.78 is 58.3. The standard InChI is InChI=1S/C23H26F3N5O4/c1-22(2,3)35-21(32)30-11-9-14(10-12-30)31-16(13-18(29-31)23(24,25)26)20-28-27-19(34-20)15-7-5-6-8-17(15)33-4/h5-8,13-14H,9-12H2,1-4H3. The molecule has 1 aliphatic heterocycles. The lowest BCUT2D eigenvalue weighted by molar-refractivity contribution is -0.141. The summed E-state index contributed by atoms with van der Waals surface area (Å²) in [6.45, 7) is 5.95. The van der Waals surface area contributed by atoms with E-state index in [1.165, 1.54) is 11.8 Å². The van der Waals surface area contributed by atoms with Gasteiger partial charge in [0.15, 0.2) is 5.69 Å². The molecule has 1 amide bonds. The van der Waals surface area contributed by atoms with Gasteiger partial charge < -0.3 is 18.8 Å². The normalized spacial score (nSPS) is 15.3. The fourth-order valence-corrected chi connectivity index (χ4v) is 3.85. The molecule has 3 aromatic rings. The Morgan fingerprint density at radius 2 is 1.74 bits per heavy atom. The summed E-state index contributed by atoms with van der Waals surface area (Å²) in [5, 5.41) is 11.8. The van der Waals surface area contributed by atoms with Crippen LogP contribution in [0.15, 0.2) is 34.7 Å². The van der Waals surface area contributed by atoms with E-state index in [9.17, 15) is 18.0 Å². The third-order valence-electron chi connectivity index (χ3n) is 5.47. The van der Waals surface area contributed by atoms with E-state index in [1.807, 2.05) is 0 Å². The molecule has 188 valence electrons. The molecule has 1 aliphatic rings. The molecule has 0 saturated carbocycles. The molecule has 0 aliphatic carbocycles. The number of aromatic nitrogens is 4. The second-order valence-electron chi connectivity index (χ2n) is 9.17. The molecule has 1 saturated heterocycles. The maximum Gasteiger partial charge on any atom is 0.435 e. The Balaban J connectivity index is 1.61. The molecule has 0 N–H and O–H groups in total. The van der Waals surface area contributed by atoms with Crippen LogP contribution in [0.2, 0.25) is 0 Å². The first-order valence-electron chi connectivity index (χ1n) is 11.1. The quantitative estimate of drug-likeness (QED) is 0.493. The lowest BCUT2D eigenvalue weighted by atomic mass is 10.1. The number of hydrogen-bond acceptors (Lipinski definition) is 7. The summed E-state index contributed by atoms with van der Waals surface area (Å²) in [4.78, 5) is 13.9. The number of likely N-dealkylation sites (tertiary alicyclic amines) is 1. The van der Waals surface area contributed by atoms with Crippen LogP contribution in [-0.2, 0) is 10.9 Å². The lowest BCUT2D eigenvalue weighted by Gasteiger charge is -2.33. The molecular formula is C23H26F3N5O4. The molecule has 0 radical (unpaired) electrons. The Morgan fingerprint density at radius 1 is 1.09 bits per heavy atom. The second-order valence-corrected chi connectivity index (χ2v) is 9.17. The monoisotopic (exact) mass is 493 g/mol. The van der Waals surface area contributed by atoms with E-state index in [-0.39, 0.29) is 17.5 Å². The van der Waals surface area contributed by atoms with E-state index >= 15 is 0 Å². The van der Waals surface area contributed by atoms with Gasteiger partial charge in [-0.05, 0) is 45.7 Å². The van der Waals surface area contributed by atoms with Crippen molar-refractivity contribution < 1.29 is 31.9 Å². The molecule has 9 nitrogen and oxygen atoms in total. The maximum atomic E-state index is 13.5.